The van der Waals surface area contributed by atoms with Crippen molar-refractivity contribution in [3.8, 4) is 11.5 Å². The van der Waals surface area contributed by atoms with Gasteiger partial charge in [-0.05, 0) is 162 Å². The zero-order chi connectivity index (χ0) is 42.5. The molecule has 10 saturated carbocycles. The Morgan fingerprint density at radius 3 is 1.98 bits per heavy atom. The lowest BCUT2D eigenvalue weighted by Gasteiger charge is -2.70. The van der Waals surface area contributed by atoms with Gasteiger partial charge in [0.25, 0.3) is 0 Å². The molecule has 15 rings (SSSR count). The molecule has 5 heterocycles. The summed E-state index contributed by atoms with van der Waals surface area (Å²) in [4.78, 5) is 0. The maximum absolute atomic E-state index is 13.1. The Bertz CT molecular complexity index is 2690. The maximum Gasteiger partial charge on any atom is 0.303 e. The van der Waals surface area contributed by atoms with Crippen LogP contribution in [0.1, 0.15) is 133 Å². The standard InChI is InChI=1S/C46H61N9O6S2/c1-2-31-23-54-39(47-49-42(54)51-62(56,57)35-7-8-35)14-37(31)60-27-45-17-29-11-30(18-45)20-46(19-29,25-45)41-33-12-28-13-34(41)22-44(16-28,21-33)26-61-38-15-40-48-50-43(55(40)24-36(38)32-5-6-32)52-63(58,59)53-9-3-4-10-53/h14-15,23-24,28-30,32-35,41H,2-13,16-22,25-27H2,1H3,(H,49,51)(H,50,52). The molecule has 15 nitrogen and oxygen atoms in total. The molecule has 0 radical (unpaired) electrons. The molecule has 0 aromatic carbocycles. The predicted molar refractivity (Wildman–Crippen MR) is 236 cm³/mol. The van der Waals surface area contributed by atoms with Gasteiger partial charge in [-0.2, -0.15) is 12.7 Å². The molecule has 11 fully saturated rings. The molecule has 0 spiro atoms. The molecule has 0 amide bonds. The van der Waals surface area contributed by atoms with Crippen LogP contribution in [0.4, 0.5) is 11.9 Å². The van der Waals surface area contributed by atoms with Crippen LogP contribution in [0, 0.1) is 51.8 Å². The molecule has 1 aliphatic heterocycles. The second-order valence-corrected chi connectivity index (χ2v) is 26.0. The van der Waals surface area contributed by atoms with Crippen molar-refractivity contribution in [3.63, 3.8) is 0 Å². The van der Waals surface area contributed by atoms with Gasteiger partial charge in [0.1, 0.15) is 11.5 Å². The highest BCUT2D eigenvalue weighted by atomic mass is 32.2. The molecule has 4 aromatic heterocycles. The molecule has 1 saturated heterocycles. The summed E-state index contributed by atoms with van der Waals surface area (Å²) in [6.07, 6.45) is 24.6. The lowest BCUT2D eigenvalue weighted by Crippen LogP contribution is -2.63. The van der Waals surface area contributed by atoms with Crippen molar-refractivity contribution < 1.29 is 26.3 Å². The molecule has 4 atom stereocenters. The Hall–Kier alpha value is -3.70. The first kappa shape index (κ1) is 39.6. The van der Waals surface area contributed by atoms with Crippen molar-refractivity contribution in [3.05, 3.63) is 35.7 Å². The van der Waals surface area contributed by atoms with Gasteiger partial charge in [0, 0.05) is 59.6 Å². The van der Waals surface area contributed by atoms with E-state index < -0.39 is 20.2 Å². The summed E-state index contributed by atoms with van der Waals surface area (Å²) in [5.41, 5.74) is 4.15. The first-order chi connectivity index (χ1) is 30.4. The average Bonchev–Trinajstić information content (AvgIpc) is 4.15. The van der Waals surface area contributed by atoms with E-state index in [1.165, 1.54) is 74.9 Å². The van der Waals surface area contributed by atoms with Gasteiger partial charge >= 0.3 is 10.2 Å². The Kier molecular flexibility index (Phi) is 8.75. The maximum atomic E-state index is 13.1. The Morgan fingerprint density at radius 2 is 1.32 bits per heavy atom. The minimum absolute atomic E-state index is 0.183. The van der Waals surface area contributed by atoms with Crippen LogP contribution < -0.4 is 18.9 Å². The number of aryl methyl sites for hydroxylation is 1. The van der Waals surface area contributed by atoms with Gasteiger partial charge in [0.15, 0.2) is 11.3 Å². The van der Waals surface area contributed by atoms with E-state index in [4.69, 9.17) is 9.47 Å². The number of nitrogens with zero attached hydrogens (tertiary/aromatic N) is 7. The van der Waals surface area contributed by atoms with E-state index >= 15 is 0 Å². The molecule has 338 valence electrons. The van der Waals surface area contributed by atoms with Crippen LogP contribution in [0.5, 0.6) is 11.5 Å². The normalized spacial score (nSPS) is 35.9. The number of rotatable bonds is 15. The largest absolute Gasteiger partial charge is 0.493 e. The highest BCUT2D eigenvalue weighted by Crippen LogP contribution is 2.74. The minimum atomic E-state index is -3.69. The van der Waals surface area contributed by atoms with Gasteiger partial charge in [-0.3, -0.25) is 13.5 Å². The van der Waals surface area contributed by atoms with Gasteiger partial charge in [-0.1, -0.05) is 6.92 Å². The molecule has 4 unspecified atom stereocenters. The van der Waals surface area contributed by atoms with Gasteiger partial charge in [-0.15, -0.1) is 20.4 Å². The lowest BCUT2D eigenvalue weighted by molar-refractivity contribution is -0.214. The number of aromatic nitrogens is 6. The number of nitrogens with one attached hydrogen (secondary N) is 2. The fourth-order valence-electron chi connectivity index (χ4n) is 15.9. The number of hydrogen-bond acceptors (Lipinski definition) is 10. The molecule has 10 aliphatic carbocycles. The van der Waals surface area contributed by atoms with Crippen LogP contribution in [0.25, 0.3) is 11.3 Å². The van der Waals surface area contributed by atoms with Crippen molar-refractivity contribution in [1.82, 2.24) is 33.5 Å². The van der Waals surface area contributed by atoms with Gasteiger partial charge in [0.05, 0.1) is 18.5 Å². The smallest absolute Gasteiger partial charge is 0.303 e. The van der Waals surface area contributed by atoms with Crippen LogP contribution in [0.15, 0.2) is 24.5 Å². The fourth-order valence-corrected chi connectivity index (χ4v) is 18.4. The molecule has 17 heteroatoms. The second-order valence-electron chi connectivity index (χ2n) is 22.3. The van der Waals surface area contributed by atoms with E-state index in [0.29, 0.717) is 48.6 Å². The van der Waals surface area contributed by atoms with Crippen LogP contribution in [0.2, 0.25) is 0 Å². The van der Waals surface area contributed by atoms with E-state index in [1.807, 2.05) is 24.5 Å². The number of ether oxygens (including phenoxy) is 2. The van der Waals surface area contributed by atoms with Crippen LogP contribution in [-0.2, 0) is 26.7 Å². The topological polar surface area (TPSA) is 174 Å². The number of anilines is 2. The third-order valence-electron chi connectivity index (χ3n) is 17.7. The molecular formula is C46H61N9O6S2. The lowest BCUT2D eigenvalue weighted by atomic mass is 9.35. The highest BCUT2D eigenvalue weighted by molar-refractivity contribution is 7.93. The first-order valence-electron chi connectivity index (χ1n) is 24.2. The van der Waals surface area contributed by atoms with Crippen LogP contribution in [0.3, 0.4) is 0 Å². The molecule has 2 N–H and O–H groups in total. The van der Waals surface area contributed by atoms with Gasteiger partial charge in [-0.25, -0.2) is 13.1 Å². The highest BCUT2D eigenvalue weighted by Gasteiger charge is 2.66. The van der Waals surface area contributed by atoms with E-state index in [0.717, 1.165) is 103 Å². The molecule has 8 bridgehead atoms. The zero-order valence-electron chi connectivity index (χ0n) is 36.4. The summed E-state index contributed by atoms with van der Waals surface area (Å²) in [6.45, 7) is 4.65. The summed E-state index contributed by atoms with van der Waals surface area (Å²) < 4.78 is 76.1. The van der Waals surface area contributed by atoms with Crippen molar-refractivity contribution in [2.45, 2.75) is 134 Å². The van der Waals surface area contributed by atoms with Crippen LogP contribution in [-0.4, -0.2) is 81.9 Å². The number of sulfonamides is 1. The Morgan fingerprint density at radius 1 is 0.698 bits per heavy atom. The van der Waals surface area contributed by atoms with Crippen LogP contribution >= 0.6 is 0 Å². The van der Waals surface area contributed by atoms with Crippen molar-refractivity contribution >= 4 is 43.4 Å². The zero-order valence-corrected chi connectivity index (χ0v) is 38.0. The first-order valence-corrected chi connectivity index (χ1v) is 27.2. The van der Waals surface area contributed by atoms with Crippen molar-refractivity contribution in [2.75, 3.05) is 35.7 Å². The second kappa shape index (κ2) is 13.9. The van der Waals surface area contributed by atoms with E-state index in [-0.39, 0.29) is 28.0 Å². The van der Waals surface area contributed by atoms with Gasteiger partial charge in [0.2, 0.25) is 21.9 Å². The number of pyridine rings is 2. The van der Waals surface area contributed by atoms with E-state index in [1.54, 1.807) is 8.80 Å². The summed E-state index contributed by atoms with van der Waals surface area (Å²) in [5.74, 6) is 7.26. The minimum Gasteiger partial charge on any atom is -0.493 e. The van der Waals surface area contributed by atoms with Gasteiger partial charge < -0.3 is 9.47 Å². The SMILES string of the molecule is CCc1cn2c(NS(=O)(=O)C3CC3)nnc2cc1OCC12CC3CC(C1)CC(C1C4CC5CC1CC(COc1cc6nnc(NS(=O)(=O)N7CCCC7)n6cc1C1CC1)(C5)C4)(C3)C2. The summed E-state index contributed by atoms with van der Waals surface area (Å²) in [7, 11) is -7.14. The quantitative estimate of drug-likeness (QED) is 0.123. The fraction of sp³-hybridized carbons (Fsp3) is 0.739. The molecule has 4 aromatic rings. The molecular weight excluding hydrogens is 839 g/mol. The predicted octanol–water partition coefficient (Wildman–Crippen LogP) is 7.36. The summed E-state index contributed by atoms with van der Waals surface area (Å²) in [6, 6.07) is 3.96. The molecule has 11 aliphatic rings. The third kappa shape index (κ3) is 6.68. The Balaban J connectivity index is 0.722. The summed E-state index contributed by atoms with van der Waals surface area (Å²) in [5, 5.41) is 17.0. The monoisotopic (exact) mass is 899 g/mol. The summed E-state index contributed by atoms with van der Waals surface area (Å²) >= 11 is 0. The van der Waals surface area contributed by atoms with E-state index in [9.17, 15) is 16.8 Å². The Labute approximate surface area is 370 Å². The third-order valence-corrected chi connectivity index (χ3v) is 21.0. The molecule has 63 heavy (non-hydrogen) atoms. The van der Waals surface area contributed by atoms with Crippen molar-refractivity contribution in [1.29, 1.82) is 0 Å². The van der Waals surface area contributed by atoms with E-state index in [2.05, 4.69) is 36.8 Å². The average molecular weight is 900 g/mol. The number of fused-ring (bicyclic) bond motifs is 2. The van der Waals surface area contributed by atoms with Crippen molar-refractivity contribution in [2.24, 2.45) is 51.8 Å². The number of hydrogen-bond donors (Lipinski definition) is 2.